The molecule has 0 aromatic carbocycles. The van der Waals surface area contributed by atoms with Gasteiger partial charge in [-0.3, -0.25) is 4.79 Å². The van der Waals surface area contributed by atoms with Crippen molar-refractivity contribution in [1.29, 1.82) is 0 Å². The third kappa shape index (κ3) is 2.86. The van der Waals surface area contributed by atoms with Crippen molar-refractivity contribution < 1.29 is 4.79 Å². The van der Waals surface area contributed by atoms with Gasteiger partial charge in [0, 0.05) is 18.5 Å². The predicted octanol–water partition coefficient (Wildman–Crippen LogP) is 3.58. The van der Waals surface area contributed by atoms with Gasteiger partial charge < -0.3 is 4.90 Å². The Labute approximate surface area is 117 Å². The van der Waals surface area contributed by atoms with Crippen LogP contribution in [-0.2, 0) is 0 Å². The summed E-state index contributed by atoms with van der Waals surface area (Å²) in [5.41, 5.74) is 0.500. The number of alkyl halides is 1. The summed E-state index contributed by atoms with van der Waals surface area (Å²) in [4.78, 5) is 18.1. The molecule has 0 aliphatic heterocycles. The van der Waals surface area contributed by atoms with Gasteiger partial charge in [0.15, 0.2) is 10.9 Å². The van der Waals surface area contributed by atoms with E-state index in [0.717, 1.165) is 5.13 Å². The van der Waals surface area contributed by atoms with Crippen molar-refractivity contribution in [2.45, 2.75) is 38.6 Å². The standard InChI is InChI=1S/C13H19ClN2OS/c1-9-5-3-4-6-11(9)16(2)13-15-10(8-18-13)12(17)7-14/h8-9,11H,3-7H2,1-2H3. The molecular weight excluding hydrogens is 268 g/mol. The van der Waals surface area contributed by atoms with E-state index in [0.29, 0.717) is 17.7 Å². The Morgan fingerprint density at radius 1 is 1.56 bits per heavy atom. The fourth-order valence-corrected chi connectivity index (χ4v) is 3.63. The summed E-state index contributed by atoms with van der Waals surface area (Å²) in [6.45, 7) is 2.30. The van der Waals surface area contributed by atoms with Crippen LogP contribution in [0.5, 0.6) is 0 Å². The summed E-state index contributed by atoms with van der Waals surface area (Å²) in [5.74, 6) is 0.608. The maximum Gasteiger partial charge on any atom is 0.196 e. The van der Waals surface area contributed by atoms with Gasteiger partial charge in [-0.1, -0.05) is 19.8 Å². The van der Waals surface area contributed by atoms with Crippen molar-refractivity contribution in [3.05, 3.63) is 11.1 Å². The quantitative estimate of drug-likeness (QED) is 0.626. The Kier molecular flexibility index (Phi) is 4.62. The van der Waals surface area contributed by atoms with E-state index in [4.69, 9.17) is 11.6 Å². The normalized spacial score (nSPS) is 23.9. The van der Waals surface area contributed by atoms with Gasteiger partial charge in [0.25, 0.3) is 0 Å². The van der Waals surface area contributed by atoms with Crippen molar-refractivity contribution in [2.75, 3.05) is 17.8 Å². The molecule has 2 unspecified atom stereocenters. The molecule has 1 aliphatic carbocycles. The number of Topliss-reactive ketones (excluding diaryl/α,β-unsaturated/α-hetero) is 1. The average Bonchev–Trinajstić information content (AvgIpc) is 2.87. The molecule has 0 amide bonds. The van der Waals surface area contributed by atoms with E-state index >= 15 is 0 Å². The monoisotopic (exact) mass is 286 g/mol. The summed E-state index contributed by atoms with van der Waals surface area (Å²) in [6, 6.07) is 0.545. The van der Waals surface area contributed by atoms with Crippen molar-refractivity contribution in [3.8, 4) is 0 Å². The molecule has 18 heavy (non-hydrogen) atoms. The van der Waals surface area contributed by atoms with Crippen LogP contribution in [-0.4, -0.2) is 29.7 Å². The third-order valence-corrected chi connectivity index (χ3v) is 4.94. The summed E-state index contributed by atoms with van der Waals surface area (Å²) in [6.07, 6.45) is 5.13. The molecule has 3 nitrogen and oxygen atoms in total. The number of hydrogen-bond acceptors (Lipinski definition) is 4. The molecule has 0 N–H and O–H groups in total. The first-order chi connectivity index (χ1) is 8.63. The van der Waals surface area contributed by atoms with Gasteiger partial charge in [0.05, 0.1) is 5.88 Å². The first-order valence-electron chi connectivity index (χ1n) is 6.41. The summed E-state index contributed by atoms with van der Waals surface area (Å²) >= 11 is 7.08. The zero-order chi connectivity index (χ0) is 13.1. The van der Waals surface area contributed by atoms with E-state index in [-0.39, 0.29) is 11.7 Å². The van der Waals surface area contributed by atoms with Crippen LogP contribution in [0.4, 0.5) is 5.13 Å². The molecule has 1 aromatic rings. The minimum atomic E-state index is -0.0933. The highest BCUT2D eigenvalue weighted by Gasteiger charge is 2.26. The van der Waals surface area contributed by atoms with E-state index in [1.54, 1.807) is 0 Å². The zero-order valence-electron chi connectivity index (χ0n) is 10.9. The number of aromatic nitrogens is 1. The molecule has 1 aliphatic rings. The topological polar surface area (TPSA) is 33.2 Å². The Morgan fingerprint density at radius 3 is 2.94 bits per heavy atom. The van der Waals surface area contributed by atoms with E-state index in [1.165, 1.54) is 37.0 Å². The van der Waals surface area contributed by atoms with Crippen LogP contribution in [0.2, 0.25) is 0 Å². The molecule has 1 saturated carbocycles. The van der Waals surface area contributed by atoms with Crippen LogP contribution in [0.25, 0.3) is 0 Å². The second-order valence-corrected chi connectivity index (χ2v) is 6.12. The van der Waals surface area contributed by atoms with Gasteiger partial charge in [-0.2, -0.15) is 0 Å². The number of ketones is 1. The molecule has 100 valence electrons. The van der Waals surface area contributed by atoms with Crippen LogP contribution in [0.1, 0.15) is 43.1 Å². The minimum absolute atomic E-state index is 0.00667. The van der Waals surface area contributed by atoms with Gasteiger partial charge in [0.2, 0.25) is 0 Å². The smallest absolute Gasteiger partial charge is 0.196 e. The molecule has 1 heterocycles. The molecule has 2 atom stereocenters. The minimum Gasteiger partial charge on any atom is -0.348 e. The molecular formula is C13H19ClN2OS. The van der Waals surface area contributed by atoms with E-state index in [9.17, 15) is 4.79 Å². The van der Waals surface area contributed by atoms with E-state index < -0.39 is 0 Å². The maximum absolute atomic E-state index is 11.5. The summed E-state index contributed by atoms with van der Waals surface area (Å²) in [5, 5.41) is 2.74. The lowest BCUT2D eigenvalue weighted by Gasteiger charge is -2.36. The molecule has 0 spiro atoms. The van der Waals surface area contributed by atoms with Crippen LogP contribution in [0.15, 0.2) is 5.38 Å². The van der Waals surface area contributed by atoms with Gasteiger partial charge in [-0.25, -0.2) is 4.98 Å². The fourth-order valence-electron chi connectivity index (χ4n) is 2.64. The van der Waals surface area contributed by atoms with Crippen molar-refractivity contribution in [3.63, 3.8) is 0 Å². The van der Waals surface area contributed by atoms with E-state index in [2.05, 4.69) is 23.9 Å². The number of rotatable bonds is 4. The first kappa shape index (κ1) is 13.8. The van der Waals surface area contributed by atoms with Crippen molar-refractivity contribution >= 4 is 33.9 Å². The Hall–Kier alpha value is -0.610. The summed E-state index contributed by atoms with van der Waals surface area (Å²) < 4.78 is 0. The van der Waals surface area contributed by atoms with Gasteiger partial charge in [0.1, 0.15) is 5.69 Å². The highest BCUT2D eigenvalue weighted by Crippen LogP contribution is 2.31. The van der Waals surface area contributed by atoms with Gasteiger partial charge in [-0.05, 0) is 18.8 Å². The number of halogens is 1. The second-order valence-electron chi connectivity index (χ2n) is 5.01. The first-order valence-corrected chi connectivity index (χ1v) is 7.82. The predicted molar refractivity (Wildman–Crippen MR) is 77.0 cm³/mol. The number of hydrogen-bond donors (Lipinski definition) is 0. The van der Waals surface area contributed by atoms with Crippen LogP contribution < -0.4 is 4.90 Å². The zero-order valence-corrected chi connectivity index (χ0v) is 12.4. The Balaban J connectivity index is 2.10. The molecule has 1 aromatic heterocycles. The highest BCUT2D eigenvalue weighted by molar-refractivity contribution is 7.14. The molecule has 5 heteroatoms. The Bertz CT molecular complexity index is 421. The third-order valence-electron chi connectivity index (χ3n) is 3.76. The average molecular weight is 287 g/mol. The SMILES string of the molecule is CC1CCCCC1N(C)c1nc(C(=O)CCl)cs1. The van der Waals surface area contributed by atoms with Crippen molar-refractivity contribution in [2.24, 2.45) is 5.92 Å². The lowest BCUT2D eigenvalue weighted by Crippen LogP contribution is -2.39. The molecule has 0 bridgehead atoms. The van der Waals surface area contributed by atoms with E-state index in [1.807, 2.05) is 5.38 Å². The number of carbonyl (C=O) groups excluding carboxylic acids is 1. The molecule has 1 fully saturated rings. The second kappa shape index (κ2) is 6.02. The number of nitrogens with zero attached hydrogens (tertiary/aromatic N) is 2. The molecule has 2 rings (SSSR count). The fraction of sp³-hybridized carbons (Fsp3) is 0.692. The molecule has 0 radical (unpaired) electrons. The van der Waals surface area contributed by atoms with Gasteiger partial charge >= 0.3 is 0 Å². The number of carbonyl (C=O) groups is 1. The highest BCUT2D eigenvalue weighted by atomic mass is 35.5. The van der Waals surface area contributed by atoms with Crippen LogP contribution in [0.3, 0.4) is 0 Å². The number of anilines is 1. The van der Waals surface area contributed by atoms with Crippen LogP contribution in [0, 0.1) is 5.92 Å². The summed E-state index contributed by atoms with van der Waals surface area (Å²) in [7, 11) is 2.08. The lowest BCUT2D eigenvalue weighted by molar-refractivity contribution is 0.101. The lowest BCUT2D eigenvalue weighted by atomic mass is 9.85. The van der Waals surface area contributed by atoms with Crippen molar-refractivity contribution in [1.82, 2.24) is 4.98 Å². The largest absolute Gasteiger partial charge is 0.348 e. The Morgan fingerprint density at radius 2 is 2.28 bits per heavy atom. The number of thiazole rings is 1. The molecule has 0 saturated heterocycles. The van der Waals surface area contributed by atoms with Crippen LogP contribution >= 0.6 is 22.9 Å². The van der Waals surface area contributed by atoms with Gasteiger partial charge in [-0.15, -0.1) is 22.9 Å². The maximum atomic E-state index is 11.5.